The summed E-state index contributed by atoms with van der Waals surface area (Å²) in [6.07, 6.45) is 6.41. The van der Waals surface area contributed by atoms with E-state index in [2.05, 4.69) is 10.6 Å². The van der Waals surface area contributed by atoms with E-state index < -0.39 is 0 Å². The van der Waals surface area contributed by atoms with E-state index in [0.717, 1.165) is 37.8 Å². The number of hydrogen-bond acceptors (Lipinski definition) is 4. The fourth-order valence-corrected chi connectivity index (χ4v) is 5.67. The van der Waals surface area contributed by atoms with Crippen molar-refractivity contribution in [1.29, 1.82) is 0 Å². The smallest absolute Gasteiger partial charge is 0.319 e. The lowest BCUT2D eigenvalue weighted by atomic mass is 9.82. The second kappa shape index (κ2) is 9.91. The van der Waals surface area contributed by atoms with Crippen LogP contribution in [0.2, 0.25) is 0 Å². The Hall–Kier alpha value is -3.29. The number of ether oxygens (including phenoxy) is 1. The maximum Gasteiger partial charge on any atom is 0.319 e. The van der Waals surface area contributed by atoms with E-state index in [1.807, 2.05) is 35.2 Å². The number of carbonyl (C=O) groups excluding carboxylic acids is 2. The summed E-state index contributed by atoms with van der Waals surface area (Å²) in [6, 6.07) is 12.5. The summed E-state index contributed by atoms with van der Waals surface area (Å²) < 4.78 is 7.46. The van der Waals surface area contributed by atoms with Crippen molar-refractivity contribution in [3.63, 3.8) is 0 Å². The number of pyridine rings is 1. The highest BCUT2D eigenvalue weighted by molar-refractivity contribution is 5.90. The number of rotatable bonds is 5. The third kappa shape index (κ3) is 4.95. The minimum atomic E-state index is -0.226. The normalized spacial score (nSPS) is 21.9. The number of anilines is 1. The summed E-state index contributed by atoms with van der Waals surface area (Å²) in [7, 11) is 0. The molecule has 180 valence electrons. The third-order valence-electron chi connectivity index (χ3n) is 7.24. The molecule has 0 spiro atoms. The molecule has 0 unspecified atom stereocenters. The predicted molar refractivity (Wildman–Crippen MR) is 129 cm³/mol. The van der Waals surface area contributed by atoms with Crippen LogP contribution >= 0.6 is 0 Å². The number of piperidine rings is 1. The largest absolute Gasteiger partial charge is 0.484 e. The number of amides is 3. The minimum Gasteiger partial charge on any atom is -0.484 e. The Kier molecular flexibility index (Phi) is 6.56. The Bertz CT molecular complexity index is 1090. The molecule has 3 heterocycles. The summed E-state index contributed by atoms with van der Waals surface area (Å²) in [6.45, 7) is 1.66. The molecule has 1 aromatic heterocycles. The van der Waals surface area contributed by atoms with Gasteiger partial charge in [-0.3, -0.25) is 9.59 Å². The molecule has 1 saturated carbocycles. The Morgan fingerprint density at radius 3 is 2.56 bits per heavy atom. The van der Waals surface area contributed by atoms with Crippen LogP contribution < -0.4 is 20.9 Å². The lowest BCUT2D eigenvalue weighted by molar-refractivity contribution is -0.136. The molecule has 2 aliphatic heterocycles. The molecule has 2 aromatic rings. The average Bonchev–Trinajstić information content (AvgIpc) is 2.85. The molecule has 3 amide bonds. The van der Waals surface area contributed by atoms with Crippen LogP contribution in [0.3, 0.4) is 0 Å². The minimum absolute atomic E-state index is 0.00736. The highest BCUT2D eigenvalue weighted by atomic mass is 16.5. The molecule has 2 atom stereocenters. The topological polar surface area (TPSA) is 92.7 Å². The molecule has 8 heteroatoms. The van der Waals surface area contributed by atoms with Gasteiger partial charge in [0.2, 0.25) is 0 Å². The van der Waals surface area contributed by atoms with Gasteiger partial charge in [0.05, 0.1) is 5.69 Å². The number of nitrogens with one attached hydrogen (secondary N) is 2. The van der Waals surface area contributed by atoms with Crippen LogP contribution in [0.25, 0.3) is 0 Å². The van der Waals surface area contributed by atoms with Gasteiger partial charge in [-0.15, -0.1) is 0 Å². The molecule has 2 N–H and O–H groups in total. The fraction of sp³-hybridized carbons (Fsp3) is 0.500. The lowest BCUT2D eigenvalue weighted by Crippen LogP contribution is -2.50. The maximum absolute atomic E-state index is 12.9. The summed E-state index contributed by atoms with van der Waals surface area (Å²) >= 11 is 0. The number of benzene rings is 1. The number of para-hydroxylation sites is 1. The zero-order valence-corrected chi connectivity index (χ0v) is 19.4. The Morgan fingerprint density at radius 2 is 1.76 bits per heavy atom. The van der Waals surface area contributed by atoms with E-state index in [9.17, 15) is 14.4 Å². The highest BCUT2D eigenvalue weighted by Crippen LogP contribution is 2.38. The summed E-state index contributed by atoms with van der Waals surface area (Å²) in [5, 5.41) is 6.09. The van der Waals surface area contributed by atoms with Gasteiger partial charge in [0, 0.05) is 43.4 Å². The molecule has 34 heavy (non-hydrogen) atoms. The monoisotopic (exact) mass is 464 g/mol. The van der Waals surface area contributed by atoms with Gasteiger partial charge in [-0.2, -0.15) is 0 Å². The van der Waals surface area contributed by atoms with E-state index in [0.29, 0.717) is 31.1 Å². The van der Waals surface area contributed by atoms with Gasteiger partial charge in [-0.05, 0) is 43.4 Å². The van der Waals surface area contributed by atoms with E-state index in [4.69, 9.17) is 4.74 Å². The van der Waals surface area contributed by atoms with Gasteiger partial charge in [-0.1, -0.05) is 37.5 Å². The van der Waals surface area contributed by atoms with Gasteiger partial charge in [0.25, 0.3) is 11.5 Å². The number of fused-ring (bicyclic) bond motifs is 4. The van der Waals surface area contributed by atoms with Crippen molar-refractivity contribution in [2.45, 2.75) is 57.0 Å². The van der Waals surface area contributed by atoms with Crippen LogP contribution in [0.5, 0.6) is 5.75 Å². The number of urea groups is 1. The molecule has 1 aromatic carbocycles. The quantitative estimate of drug-likeness (QED) is 0.710. The van der Waals surface area contributed by atoms with Crippen LogP contribution in [-0.2, 0) is 11.3 Å². The zero-order valence-electron chi connectivity index (χ0n) is 19.4. The first-order chi connectivity index (χ1) is 16.6. The van der Waals surface area contributed by atoms with Crippen molar-refractivity contribution in [2.24, 2.45) is 5.92 Å². The van der Waals surface area contributed by atoms with Crippen LogP contribution in [0.4, 0.5) is 10.5 Å². The third-order valence-corrected chi connectivity index (χ3v) is 7.24. The van der Waals surface area contributed by atoms with E-state index in [1.165, 1.54) is 12.5 Å². The fourth-order valence-electron chi connectivity index (χ4n) is 5.67. The van der Waals surface area contributed by atoms with Crippen molar-refractivity contribution in [1.82, 2.24) is 14.8 Å². The zero-order chi connectivity index (χ0) is 23.5. The van der Waals surface area contributed by atoms with Gasteiger partial charge in [0.1, 0.15) is 5.75 Å². The first kappa shape index (κ1) is 22.5. The number of nitrogens with zero attached hydrogens (tertiary/aromatic N) is 2. The first-order valence-electron chi connectivity index (χ1n) is 12.3. The molecule has 1 aliphatic carbocycles. The number of aromatic nitrogens is 1. The maximum atomic E-state index is 12.9. The van der Waals surface area contributed by atoms with Crippen LogP contribution in [0.15, 0.2) is 47.3 Å². The number of hydrogen-bond donors (Lipinski definition) is 2. The number of carbonyl (C=O) groups is 2. The second-order valence-electron chi connectivity index (χ2n) is 9.71. The standard InChI is InChI=1S/C26H32N4O4/c31-23-12-11-22(28-26(33)27-20-7-3-1-4-8-20)25-19-13-18(15-30(23)25)14-29(16-19)24(32)17-34-21-9-5-2-6-10-21/h2,5-6,9-12,18-20H,1,3-4,7-8,13-17H2,(H2,27,28,33)/t18-,19+/m0/s1. The van der Waals surface area contributed by atoms with Crippen molar-refractivity contribution in [3.05, 3.63) is 58.5 Å². The van der Waals surface area contributed by atoms with Crippen LogP contribution in [0, 0.1) is 5.92 Å². The molecule has 0 radical (unpaired) electrons. The molecule has 2 fully saturated rings. The molecule has 1 saturated heterocycles. The van der Waals surface area contributed by atoms with Crippen LogP contribution in [0.1, 0.15) is 50.1 Å². The van der Waals surface area contributed by atoms with Gasteiger partial charge >= 0.3 is 6.03 Å². The van der Waals surface area contributed by atoms with Gasteiger partial charge in [-0.25, -0.2) is 4.79 Å². The summed E-state index contributed by atoms with van der Waals surface area (Å²) in [5.41, 5.74) is 1.42. The van der Waals surface area contributed by atoms with Crippen molar-refractivity contribution in [2.75, 3.05) is 25.0 Å². The molecular weight excluding hydrogens is 432 g/mol. The SMILES string of the molecule is O=C(Nc1ccc(=O)n2c1[C@@H]1C[C@@H](CN(C(=O)COc3ccccc3)C1)C2)NC1CCCCC1. The van der Waals surface area contributed by atoms with E-state index >= 15 is 0 Å². The summed E-state index contributed by atoms with van der Waals surface area (Å²) in [5.74, 6) is 0.804. The Labute approximate surface area is 199 Å². The van der Waals surface area contributed by atoms with E-state index in [-0.39, 0.29) is 42.0 Å². The molecular formula is C26H32N4O4. The summed E-state index contributed by atoms with van der Waals surface area (Å²) in [4.78, 5) is 40.1. The predicted octanol–water partition coefficient (Wildman–Crippen LogP) is 3.33. The Balaban J connectivity index is 1.29. The lowest BCUT2D eigenvalue weighted by Gasteiger charge is -2.43. The molecule has 2 bridgehead atoms. The van der Waals surface area contributed by atoms with Gasteiger partial charge < -0.3 is 24.8 Å². The highest BCUT2D eigenvalue weighted by Gasteiger charge is 2.38. The van der Waals surface area contributed by atoms with E-state index in [1.54, 1.807) is 10.6 Å². The van der Waals surface area contributed by atoms with Crippen LogP contribution in [-0.4, -0.2) is 47.1 Å². The Morgan fingerprint density at radius 1 is 0.971 bits per heavy atom. The van der Waals surface area contributed by atoms with Crippen molar-refractivity contribution >= 4 is 17.6 Å². The van der Waals surface area contributed by atoms with Crippen molar-refractivity contribution < 1.29 is 14.3 Å². The molecule has 5 rings (SSSR count). The van der Waals surface area contributed by atoms with Gasteiger partial charge in [0.15, 0.2) is 6.61 Å². The first-order valence-corrected chi connectivity index (χ1v) is 12.3. The number of likely N-dealkylation sites (tertiary alicyclic amines) is 1. The molecule has 3 aliphatic rings. The average molecular weight is 465 g/mol. The van der Waals surface area contributed by atoms with Crippen molar-refractivity contribution in [3.8, 4) is 5.75 Å². The molecule has 8 nitrogen and oxygen atoms in total. The second-order valence-corrected chi connectivity index (χ2v) is 9.71.